The van der Waals surface area contributed by atoms with Crippen LogP contribution in [0.15, 0.2) is 47.9 Å². The quantitative estimate of drug-likeness (QED) is 0.663. The van der Waals surface area contributed by atoms with E-state index in [0.29, 0.717) is 28.0 Å². The number of carbonyl (C=O) groups is 2. The molecule has 1 aromatic carbocycles. The molecule has 0 bridgehead atoms. The van der Waals surface area contributed by atoms with Crippen molar-refractivity contribution < 1.29 is 18.7 Å². The Kier molecular flexibility index (Phi) is 5.62. The summed E-state index contributed by atoms with van der Waals surface area (Å²) < 4.78 is 18.3. The highest BCUT2D eigenvalue weighted by atomic mass is 32.1. The molecule has 1 fully saturated rings. The van der Waals surface area contributed by atoms with Crippen molar-refractivity contribution in [2.75, 3.05) is 11.9 Å². The molecule has 0 saturated heterocycles. The van der Waals surface area contributed by atoms with Crippen molar-refractivity contribution in [1.29, 1.82) is 0 Å². The van der Waals surface area contributed by atoms with Gasteiger partial charge in [0, 0.05) is 10.9 Å². The number of rotatable bonds is 6. The number of allylic oxidation sites excluding steroid dienone is 4. The molecule has 0 spiro atoms. The van der Waals surface area contributed by atoms with Gasteiger partial charge in [0.1, 0.15) is 16.4 Å². The SMILES string of the molecule is CCOC(=O)c1c(C2=CC3CC3CC=C2)csc1NC(=O)Cc1ccc(F)cc1. The van der Waals surface area contributed by atoms with Gasteiger partial charge in [0.25, 0.3) is 0 Å². The Bertz CT molecular complexity index is 990. The first-order valence-corrected chi connectivity index (χ1v) is 10.6. The number of hydrogen-bond donors (Lipinski definition) is 1. The molecule has 2 atom stereocenters. The van der Waals surface area contributed by atoms with E-state index in [2.05, 4.69) is 23.5 Å². The van der Waals surface area contributed by atoms with Gasteiger partial charge in [-0.2, -0.15) is 0 Å². The molecule has 2 aliphatic carbocycles. The first-order chi connectivity index (χ1) is 14.0. The largest absolute Gasteiger partial charge is 0.462 e. The normalized spacial score (nSPS) is 19.7. The average molecular weight is 411 g/mol. The van der Waals surface area contributed by atoms with Crippen molar-refractivity contribution in [3.63, 3.8) is 0 Å². The van der Waals surface area contributed by atoms with Crippen LogP contribution in [-0.4, -0.2) is 18.5 Å². The lowest BCUT2D eigenvalue weighted by Crippen LogP contribution is -2.17. The van der Waals surface area contributed by atoms with Gasteiger partial charge in [0.15, 0.2) is 0 Å². The van der Waals surface area contributed by atoms with Crippen molar-refractivity contribution in [3.8, 4) is 0 Å². The third-order valence-corrected chi connectivity index (χ3v) is 6.12. The maximum absolute atomic E-state index is 13.1. The Labute approximate surface area is 173 Å². The monoisotopic (exact) mass is 411 g/mol. The highest BCUT2D eigenvalue weighted by Gasteiger charge is 2.36. The average Bonchev–Trinajstić information content (AvgIpc) is 3.34. The van der Waals surface area contributed by atoms with Crippen LogP contribution < -0.4 is 5.32 Å². The van der Waals surface area contributed by atoms with E-state index in [1.807, 2.05) is 5.38 Å². The fraction of sp³-hybridized carbons (Fsp3) is 0.304. The van der Waals surface area contributed by atoms with Gasteiger partial charge in [0.2, 0.25) is 5.91 Å². The molecule has 6 heteroatoms. The third-order valence-electron chi connectivity index (χ3n) is 5.22. The lowest BCUT2D eigenvalue weighted by atomic mass is 10.0. The van der Waals surface area contributed by atoms with Crippen LogP contribution in [0.2, 0.25) is 0 Å². The van der Waals surface area contributed by atoms with Gasteiger partial charge < -0.3 is 10.1 Å². The zero-order valence-corrected chi connectivity index (χ0v) is 16.9. The molecule has 1 aromatic heterocycles. The Hall–Kier alpha value is -2.73. The molecule has 0 aliphatic heterocycles. The van der Waals surface area contributed by atoms with Crippen molar-refractivity contribution in [2.45, 2.75) is 26.2 Å². The highest BCUT2D eigenvalue weighted by molar-refractivity contribution is 7.15. The predicted molar refractivity (Wildman–Crippen MR) is 112 cm³/mol. The standard InChI is InChI=1S/C23H22FNO3S/c1-2-28-23(27)21-19(16-5-3-4-15-11-17(15)12-16)13-29-22(21)25-20(26)10-14-6-8-18(24)9-7-14/h3,5-9,12-13,15,17H,2,4,10-11H2,1H3,(H,25,26). The number of hydrogen-bond acceptors (Lipinski definition) is 4. The highest BCUT2D eigenvalue weighted by Crippen LogP contribution is 2.47. The van der Waals surface area contributed by atoms with Crippen LogP contribution in [0.1, 0.15) is 41.3 Å². The van der Waals surface area contributed by atoms with E-state index in [1.165, 1.54) is 29.9 Å². The van der Waals surface area contributed by atoms with Gasteiger partial charge in [-0.1, -0.05) is 30.4 Å². The summed E-state index contributed by atoms with van der Waals surface area (Å²) in [6.07, 6.45) is 8.79. The molecule has 0 radical (unpaired) electrons. The number of amides is 1. The molecule has 2 aliphatic rings. The number of carbonyl (C=O) groups excluding carboxylic acids is 2. The minimum Gasteiger partial charge on any atom is -0.462 e. The lowest BCUT2D eigenvalue weighted by Gasteiger charge is -2.09. The summed E-state index contributed by atoms with van der Waals surface area (Å²) in [5.74, 6) is 0.231. The van der Waals surface area contributed by atoms with Crippen molar-refractivity contribution in [3.05, 3.63) is 70.4 Å². The predicted octanol–water partition coefficient (Wildman–Crippen LogP) is 5.22. The number of ether oxygens (including phenoxy) is 1. The fourth-order valence-corrected chi connectivity index (χ4v) is 4.58. The van der Waals surface area contributed by atoms with Crippen molar-refractivity contribution in [2.24, 2.45) is 11.8 Å². The van der Waals surface area contributed by atoms with E-state index in [4.69, 9.17) is 4.74 Å². The topological polar surface area (TPSA) is 55.4 Å². The number of halogens is 1. The molecule has 4 rings (SSSR count). The zero-order valence-electron chi connectivity index (χ0n) is 16.1. The first kappa shape index (κ1) is 19.6. The number of anilines is 1. The van der Waals surface area contributed by atoms with Crippen LogP contribution in [0.4, 0.5) is 9.39 Å². The first-order valence-electron chi connectivity index (χ1n) is 9.76. The summed E-state index contributed by atoms with van der Waals surface area (Å²) in [6.45, 7) is 2.02. The van der Waals surface area contributed by atoms with Gasteiger partial charge in [-0.25, -0.2) is 9.18 Å². The van der Waals surface area contributed by atoms with Crippen LogP contribution in [-0.2, 0) is 16.0 Å². The number of fused-ring (bicyclic) bond motifs is 1. The summed E-state index contributed by atoms with van der Waals surface area (Å²) in [5.41, 5.74) is 2.91. The number of thiophene rings is 1. The number of nitrogens with one attached hydrogen (secondary N) is 1. The van der Waals surface area contributed by atoms with Gasteiger partial charge >= 0.3 is 5.97 Å². The maximum atomic E-state index is 13.1. The summed E-state index contributed by atoms with van der Waals surface area (Å²) in [5, 5.41) is 5.23. The van der Waals surface area contributed by atoms with Crippen LogP contribution in [0, 0.1) is 17.7 Å². The summed E-state index contributed by atoms with van der Waals surface area (Å²) in [7, 11) is 0. The van der Waals surface area contributed by atoms with E-state index in [1.54, 1.807) is 19.1 Å². The van der Waals surface area contributed by atoms with Crippen molar-refractivity contribution in [1.82, 2.24) is 0 Å². The summed E-state index contributed by atoms with van der Waals surface area (Å²) in [4.78, 5) is 25.2. The minimum atomic E-state index is -0.438. The number of benzene rings is 1. The lowest BCUT2D eigenvalue weighted by molar-refractivity contribution is -0.115. The second kappa shape index (κ2) is 8.33. The van der Waals surface area contributed by atoms with E-state index in [-0.39, 0.29) is 24.8 Å². The molecule has 150 valence electrons. The Morgan fingerprint density at radius 3 is 2.83 bits per heavy atom. The minimum absolute atomic E-state index is 0.0993. The fourth-order valence-electron chi connectivity index (χ4n) is 3.61. The van der Waals surface area contributed by atoms with E-state index < -0.39 is 5.97 Å². The Morgan fingerprint density at radius 1 is 1.28 bits per heavy atom. The van der Waals surface area contributed by atoms with E-state index in [9.17, 15) is 14.0 Å². The Balaban J connectivity index is 1.59. The molecular weight excluding hydrogens is 389 g/mol. The molecular formula is C23H22FNO3S. The molecule has 2 aromatic rings. The third kappa shape index (κ3) is 4.48. The van der Waals surface area contributed by atoms with E-state index >= 15 is 0 Å². The molecule has 1 N–H and O–H groups in total. The van der Waals surface area contributed by atoms with Crippen molar-refractivity contribution >= 4 is 33.8 Å². The van der Waals surface area contributed by atoms with Crippen LogP contribution in [0.3, 0.4) is 0 Å². The molecule has 4 nitrogen and oxygen atoms in total. The molecule has 1 heterocycles. The second-order valence-electron chi connectivity index (χ2n) is 7.35. The maximum Gasteiger partial charge on any atom is 0.341 e. The summed E-state index contributed by atoms with van der Waals surface area (Å²) >= 11 is 1.32. The van der Waals surface area contributed by atoms with Gasteiger partial charge in [-0.05, 0) is 54.9 Å². The molecule has 29 heavy (non-hydrogen) atoms. The summed E-state index contributed by atoms with van der Waals surface area (Å²) in [6, 6.07) is 5.81. The smallest absolute Gasteiger partial charge is 0.341 e. The zero-order chi connectivity index (χ0) is 20.4. The van der Waals surface area contributed by atoms with Crippen LogP contribution in [0.5, 0.6) is 0 Å². The second-order valence-corrected chi connectivity index (χ2v) is 8.22. The van der Waals surface area contributed by atoms with Gasteiger partial charge in [0.05, 0.1) is 13.0 Å². The molecule has 1 saturated carbocycles. The number of esters is 1. The van der Waals surface area contributed by atoms with Crippen LogP contribution >= 0.6 is 11.3 Å². The van der Waals surface area contributed by atoms with E-state index in [0.717, 1.165) is 17.6 Å². The van der Waals surface area contributed by atoms with Crippen LogP contribution in [0.25, 0.3) is 5.57 Å². The Morgan fingerprint density at radius 2 is 2.07 bits per heavy atom. The molecule has 1 amide bonds. The van der Waals surface area contributed by atoms with Gasteiger partial charge in [-0.3, -0.25) is 4.79 Å². The molecule has 2 unspecified atom stereocenters. The van der Waals surface area contributed by atoms with Gasteiger partial charge in [-0.15, -0.1) is 11.3 Å².